The van der Waals surface area contributed by atoms with Crippen LogP contribution in [0.5, 0.6) is 0 Å². The van der Waals surface area contributed by atoms with E-state index in [9.17, 15) is 4.79 Å². The molecular weight excluding hydrogens is 146 g/mol. The third-order valence-electron chi connectivity index (χ3n) is 1.04. The van der Waals surface area contributed by atoms with Crippen LogP contribution in [0.3, 0.4) is 0 Å². The van der Waals surface area contributed by atoms with Crippen molar-refractivity contribution < 1.29 is 14.4 Å². The molecule has 0 radical (unpaired) electrons. The van der Waals surface area contributed by atoms with Gasteiger partial charge in [-0.3, -0.25) is 0 Å². The first-order chi connectivity index (χ1) is 5.18. The fraction of sp³-hybridized carbons (Fsp3) is 0.143. The van der Waals surface area contributed by atoms with Crippen molar-refractivity contribution in [3.8, 4) is 0 Å². The highest BCUT2D eigenvalue weighted by Crippen LogP contribution is 2.03. The highest BCUT2D eigenvalue weighted by Gasteiger charge is 1.95. The molecule has 1 aromatic heterocycles. The van der Waals surface area contributed by atoms with Crippen molar-refractivity contribution in [3.05, 3.63) is 23.6 Å². The minimum absolute atomic E-state index is 0.449. The fourth-order valence-corrected chi connectivity index (χ4v) is 0.615. The number of hydrogen-bond donors (Lipinski definition) is 1. The van der Waals surface area contributed by atoms with Crippen molar-refractivity contribution in [1.82, 2.24) is 5.16 Å². The van der Waals surface area contributed by atoms with Gasteiger partial charge in [-0.1, -0.05) is 5.16 Å². The van der Waals surface area contributed by atoms with Gasteiger partial charge in [0.05, 0.1) is 5.69 Å². The van der Waals surface area contributed by atoms with Crippen molar-refractivity contribution in [2.75, 3.05) is 0 Å². The maximum Gasteiger partial charge on any atom is 0.328 e. The Morgan fingerprint density at radius 3 is 3.00 bits per heavy atom. The van der Waals surface area contributed by atoms with E-state index in [-0.39, 0.29) is 0 Å². The Bertz CT molecular complexity index is 288. The molecule has 0 bridgehead atoms. The summed E-state index contributed by atoms with van der Waals surface area (Å²) in [4.78, 5) is 10.0. The molecule has 1 rings (SSSR count). The second-order valence-corrected chi connectivity index (χ2v) is 2.04. The van der Waals surface area contributed by atoms with Crippen LogP contribution in [0.15, 0.2) is 16.7 Å². The lowest BCUT2D eigenvalue weighted by atomic mass is 10.3. The van der Waals surface area contributed by atoms with Gasteiger partial charge in [0, 0.05) is 12.1 Å². The summed E-state index contributed by atoms with van der Waals surface area (Å²) in [5.41, 5.74) is 0.732. The molecule has 0 aliphatic rings. The third kappa shape index (κ3) is 2.25. The molecule has 0 fully saturated rings. The molecule has 0 saturated heterocycles. The number of hydrogen-bond acceptors (Lipinski definition) is 3. The molecule has 0 atom stereocenters. The Hall–Kier alpha value is -1.58. The second-order valence-electron chi connectivity index (χ2n) is 2.04. The van der Waals surface area contributed by atoms with Crippen molar-refractivity contribution in [1.29, 1.82) is 0 Å². The molecule has 1 heterocycles. The van der Waals surface area contributed by atoms with Gasteiger partial charge in [-0.25, -0.2) is 4.79 Å². The van der Waals surface area contributed by atoms with E-state index in [4.69, 9.17) is 9.63 Å². The first-order valence-electron chi connectivity index (χ1n) is 3.03. The predicted molar refractivity (Wildman–Crippen MR) is 37.9 cm³/mol. The van der Waals surface area contributed by atoms with Crippen LogP contribution in [-0.4, -0.2) is 16.2 Å². The van der Waals surface area contributed by atoms with Gasteiger partial charge in [0.1, 0.15) is 0 Å². The van der Waals surface area contributed by atoms with E-state index in [1.54, 1.807) is 13.0 Å². The molecule has 1 aromatic rings. The highest BCUT2D eigenvalue weighted by molar-refractivity contribution is 5.84. The number of aryl methyl sites for hydroxylation is 1. The quantitative estimate of drug-likeness (QED) is 0.645. The maximum atomic E-state index is 10.0. The molecule has 58 valence electrons. The van der Waals surface area contributed by atoms with Crippen molar-refractivity contribution >= 4 is 12.0 Å². The topological polar surface area (TPSA) is 63.3 Å². The number of carboxylic acids is 1. The van der Waals surface area contributed by atoms with Crippen LogP contribution in [-0.2, 0) is 4.79 Å². The van der Waals surface area contributed by atoms with Crippen LogP contribution < -0.4 is 0 Å². The third-order valence-corrected chi connectivity index (χ3v) is 1.04. The maximum absolute atomic E-state index is 10.0. The van der Waals surface area contributed by atoms with Crippen LogP contribution in [0.4, 0.5) is 0 Å². The summed E-state index contributed by atoms with van der Waals surface area (Å²) in [7, 11) is 0. The normalized spacial score (nSPS) is 10.6. The Morgan fingerprint density at radius 1 is 1.82 bits per heavy atom. The molecule has 0 aliphatic heterocycles. The van der Waals surface area contributed by atoms with Gasteiger partial charge in [-0.2, -0.15) is 0 Å². The van der Waals surface area contributed by atoms with Gasteiger partial charge >= 0.3 is 5.97 Å². The SMILES string of the molecule is Cc1cc(/C=C/C(=O)O)on1. The molecular formula is C7H7NO3. The van der Waals surface area contributed by atoms with Gasteiger partial charge in [-0.05, 0) is 13.0 Å². The largest absolute Gasteiger partial charge is 0.478 e. The minimum atomic E-state index is -1.00. The highest BCUT2D eigenvalue weighted by atomic mass is 16.5. The van der Waals surface area contributed by atoms with Crippen LogP contribution >= 0.6 is 0 Å². The Morgan fingerprint density at radius 2 is 2.55 bits per heavy atom. The zero-order valence-corrected chi connectivity index (χ0v) is 5.94. The lowest BCUT2D eigenvalue weighted by Crippen LogP contribution is -1.84. The molecule has 0 unspecified atom stereocenters. The number of aromatic nitrogens is 1. The summed E-state index contributed by atoms with van der Waals surface area (Å²) in [5.74, 6) is -0.552. The van der Waals surface area contributed by atoms with Crippen molar-refractivity contribution in [2.45, 2.75) is 6.92 Å². The van der Waals surface area contributed by atoms with Gasteiger partial charge in [0.2, 0.25) is 0 Å². The molecule has 4 nitrogen and oxygen atoms in total. The predicted octanol–water partition coefficient (Wildman–Crippen LogP) is 1.08. The first-order valence-corrected chi connectivity index (χ1v) is 3.03. The van der Waals surface area contributed by atoms with E-state index in [1.165, 1.54) is 6.08 Å². The fourth-order valence-electron chi connectivity index (χ4n) is 0.615. The second kappa shape index (κ2) is 3.01. The van der Waals surface area contributed by atoms with E-state index >= 15 is 0 Å². The summed E-state index contributed by atoms with van der Waals surface area (Å²) >= 11 is 0. The molecule has 0 aromatic carbocycles. The summed E-state index contributed by atoms with van der Waals surface area (Å²) < 4.78 is 4.71. The lowest BCUT2D eigenvalue weighted by molar-refractivity contribution is -0.131. The smallest absolute Gasteiger partial charge is 0.328 e. The molecule has 4 heteroatoms. The zero-order chi connectivity index (χ0) is 8.27. The number of carbonyl (C=O) groups is 1. The monoisotopic (exact) mass is 153 g/mol. The average Bonchev–Trinajstić information content (AvgIpc) is 2.31. The van der Waals surface area contributed by atoms with Crippen LogP contribution in [0.25, 0.3) is 6.08 Å². The van der Waals surface area contributed by atoms with E-state index < -0.39 is 5.97 Å². The molecule has 0 saturated carbocycles. The van der Waals surface area contributed by atoms with Gasteiger partial charge in [0.15, 0.2) is 5.76 Å². The molecule has 0 amide bonds. The van der Waals surface area contributed by atoms with Gasteiger partial charge in [0.25, 0.3) is 0 Å². The number of aliphatic carboxylic acids is 1. The summed E-state index contributed by atoms with van der Waals surface area (Å²) in [6, 6.07) is 1.65. The van der Waals surface area contributed by atoms with Crippen LogP contribution in [0.1, 0.15) is 11.5 Å². The first kappa shape index (κ1) is 7.53. The Balaban J connectivity index is 2.71. The van der Waals surface area contributed by atoms with Crippen molar-refractivity contribution in [2.24, 2.45) is 0 Å². The number of rotatable bonds is 2. The van der Waals surface area contributed by atoms with Crippen molar-refractivity contribution in [3.63, 3.8) is 0 Å². The summed E-state index contributed by atoms with van der Waals surface area (Å²) in [5, 5.41) is 11.8. The standard InChI is InChI=1S/C7H7NO3/c1-5-4-6(11-8-5)2-3-7(9)10/h2-4H,1H3,(H,9,10)/b3-2+. The Labute approximate surface area is 63.1 Å². The number of nitrogens with zero attached hydrogens (tertiary/aromatic N) is 1. The Kier molecular flexibility index (Phi) is 2.06. The lowest BCUT2D eigenvalue weighted by Gasteiger charge is -1.77. The molecule has 0 spiro atoms. The average molecular weight is 153 g/mol. The van der Waals surface area contributed by atoms with E-state index in [0.717, 1.165) is 11.8 Å². The minimum Gasteiger partial charge on any atom is -0.478 e. The molecule has 11 heavy (non-hydrogen) atoms. The summed E-state index contributed by atoms with van der Waals surface area (Å²) in [6.07, 6.45) is 2.35. The van der Waals surface area contributed by atoms with E-state index in [2.05, 4.69) is 5.16 Å². The van der Waals surface area contributed by atoms with Crippen LogP contribution in [0, 0.1) is 6.92 Å². The van der Waals surface area contributed by atoms with Crippen LogP contribution in [0.2, 0.25) is 0 Å². The summed E-state index contributed by atoms with van der Waals surface area (Å²) in [6.45, 7) is 1.77. The zero-order valence-electron chi connectivity index (χ0n) is 5.94. The van der Waals surface area contributed by atoms with E-state index in [1.807, 2.05) is 0 Å². The van der Waals surface area contributed by atoms with E-state index in [0.29, 0.717) is 5.76 Å². The van der Waals surface area contributed by atoms with Gasteiger partial charge < -0.3 is 9.63 Å². The number of carboxylic acid groups (broad SMARTS) is 1. The van der Waals surface area contributed by atoms with Gasteiger partial charge in [-0.15, -0.1) is 0 Å². The molecule has 0 aliphatic carbocycles. The molecule has 1 N–H and O–H groups in total.